The van der Waals surface area contributed by atoms with Crippen molar-refractivity contribution in [3.8, 4) is 0 Å². The molecule has 0 unspecified atom stereocenters. The Balaban J connectivity index is 1.86. The molecule has 0 atom stereocenters. The van der Waals surface area contributed by atoms with E-state index in [-0.39, 0.29) is 5.09 Å². The maximum Gasteiger partial charge on any atom is 0.273 e. The number of rotatable bonds is 9. The van der Waals surface area contributed by atoms with Gasteiger partial charge in [-0.3, -0.25) is 0 Å². The standard InChI is InChI=1S/C13H19N3O3S2/c1-2-6-14-10-11-3-4-13(19-11)21(17,18)16-7-5-12-15-8-9-20-12/h3-4,8-9,14,16H,2,5-7,10H2,1H3. The maximum absolute atomic E-state index is 12.1. The van der Waals surface area contributed by atoms with Gasteiger partial charge in [-0.1, -0.05) is 6.92 Å². The molecule has 8 heteroatoms. The Morgan fingerprint density at radius 3 is 2.90 bits per heavy atom. The van der Waals surface area contributed by atoms with Crippen molar-refractivity contribution in [2.45, 2.75) is 31.4 Å². The molecular formula is C13H19N3O3S2. The van der Waals surface area contributed by atoms with Gasteiger partial charge in [-0.15, -0.1) is 11.3 Å². The molecule has 0 fully saturated rings. The van der Waals surface area contributed by atoms with E-state index in [0.29, 0.717) is 25.3 Å². The summed E-state index contributed by atoms with van der Waals surface area (Å²) in [4.78, 5) is 4.11. The second kappa shape index (κ2) is 7.69. The highest BCUT2D eigenvalue weighted by molar-refractivity contribution is 7.89. The normalized spacial score (nSPS) is 11.9. The zero-order valence-corrected chi connectivity index (χ0v) is 13.5. The number of thiazole rings is 1. The van der Waals surface area contributed by atoms with Crippen LogP contribution in [0.2, 0.25) is 0 Å². The van der Waals surface area contributed by atoms with Crippen molar-refractivity contribution in [3.63, 3.8) is 0 Å². The van der Waals surface area contributed by atoms with E-state index in [0.717, 1.165) is 18.0 Å². The summed E-state index contributed by atoms with van der Waals surface area (Å²) in [6, 6.07) is 3.16. The van der Waals surface area contributed by atoms with Crippen LogP contribution >= 0.6 is 11.3 Å². The van der Waals surface area contributed by atoms with Gasteiger partial charge in [-0.05, 0) is 25.1 Å². The number of hydrogen-bond donors (Lipinski definition) is 2. The molecule has 2 aromatic heterocycles. The van der Waals surface area contributed by atoms with Crippen LogP contribution in [-0.4, -0.2) is 26.5 Å². The van der Waals surface area contributed by atoms with Crippen molar-refractivity contribution < 1.29 is 12.8 Å². The highest BCUT2D eigenvalue weighted by Gasteiger charge is 2.18. The Bertz CT molecular complexity index is 635. The largest absolute Gasteiger partial charge is 0.447 e. The number of sulfonamides is 1. The maximum atomic E-state index is 12.1. The Hall–Kier alpha value is -1.22. The lowest BCUT2D eigenvalue weighted by molar-refractivity contribution is 0.400. The van der Waals surface area contributed by atoms with Gasteiger partial charge >= 0.3 is 0 Å². The Labute approximate surface area is 128 Å². The van der Waals surface area contributed by atoms with Crippen LogP contribution in [0, 0.1) is 0 Å². The van der Waals surface area contributed by atoms with E-state index in [2.05, 4.69) is 21.9 Å². The summed E-state index contributed by atoms with van der Waals surface area (Å²) in [7, 11) is -3.59. The minimum absolute atomic E-state index is 0.0464. The third kappa shape index (κ3) is 4.92. The smallest absolute Gasteiger partial charge is 0.273 e. The van der Waals surface area contributed by atoms with Crippen molar-refractivity contribution in [2.24, 2.45) is 0 Å². The van der Waals surface area contributed by atoms with Gasteiger partial charge in [-0.2, -0.15) is 0 Å². The molecule has 0 saturated carbocycles. The quantitative estimate of drug-likeness (QED) is 0.685. The zero-order chi connectivity index (χ0) is 15.1. The predicted molar refractivity (Wildman–Crippen MR) is 81.7 cm³/mol. The van der Waals surface area contributed by atoms with Gasteiger partial charge in [0.25, 0.3) is 10.0 Å². The van der Waals surface area contributed by atoms with Gasteiger partial charge in [0.1, 0.15) is 5.76 Å². The summed E-state index contributed by atoms with van der Waals surface area (Å²) in [6.07, 6.45) is 3.29. The summed E-state index contributed by atoms with van der Waals surface area (Å²) < 4.78 is 32.0. The van der Waals surface area contributed by atoms with Crippen molar-refractivity contribution in [2.75, 3.05) is 13.1 Å². The third-order valence-electron chi connectivity index (χ3n) is 2.74. The summed E-state index contributed by atoms with van der Waals surface area (Å²) in [5, 5.41) is 5.89. The summed E-state index contributed by atoms with van der Waals surface area (Å²) in [5.74, 6) is 0.615. The first-order valence-electron chi connectivity index (χ1n) is 6.79. The fraction of sp³-hybridized carbons (Fsp3) is 0.462. The number of furan rings is 1. The van der Waals surface area contributed by atoms with E-state index >= 15 is 0 Å². The molecule has 0 amide bonds. The van der Waals surface area contributed by atoms with Gasteiger partial charge in [-0.25, -0.2) is 18.1 Å². The first-order valence-corrected chi connectivity index (χ1v) is 9.15. The van der Waals surface area contributed by atoms with Gasteiger partial charge in [0.15, 0.2) is 0 Å². The van der Waals surface area contributed by atoms with Gasteiger partial charge in [0, 0.05) is 24.5 Å². The Morgan fingerprint density at radius 1 is 1.33 bits per heavy atom. The van der Waals surface area contributed by atoms with Crippen molar-refractivity contribution >= 4 is 21.4 Å². The minimum Gasteiger partial charge on any atom is -0.447 e. The van der Waals surface area contributed by atoms with Crippen LogP contribution in [0.5, 0.6) is 0 Å². The van der Waals surface area contributed by atoms with Crippen molar-refractivity contribution in [1.29, 1.82) is 0 Å². The molecule has 21 heavy (non-hydrogen) atoms. The molecule has 116 valence electrons. The number of hydrogen-bond acceptors (Lipinski definition) is 6. The molecule has 6 nitrogen and oxygen atoms in total. The van der Waals surface area contributed by atoms with Gasteiger partial charge in [0.05, 0.1) is 11.6 Å². The summed E-state index contributed by atoms with van der Waals surface area (Å²) in [6.45, 7) is 3.77. The number of nitrogens with one attached hydrogen (secondary N) is 2. The van der Waals surface area contributed by atoms with E-state index in [9.17, 15) is 8.42 Å². The fourth-order valence-electron chi connectivity index (χ4n) is 1.73. The predicted octanol–water partition coefficient (Wildman–Crippen LogP) is 1.76. The molecule has 0 aliphatic heterocycles. The van der Waals surface area contributed by atoms with E-state index in [4.69, 9.17) is 4.42 Å². The van der Waals surface area contributed by atoms with Crippen molar-refractivity contribution in [1.82, 2.24) is 15.0 Å². The van der Waals surface area contributed by atoms with Crippen LogP contribution in [0.1, 0.15) is 24.1 Å². The first kappa shape index (κ1) is 16.2. The molecule has 2 rings (SSSR count). The minimum atomic E-state index is -3.59. The average Bonchev–Trinajstić information content (AvgIpc) is 3.10. The molecule has 0 radical (unpaired) electrons. The lowest BCUT2D eigenvalue weighted by Crippen LogP contribution is -2.25. The van der Waals surface area contributed by atoms with Gasteiger partial charge < -0.3 is 9.73 Å². The molecule has 2 heterocycles. The first-order chi connectivity index (χ1) is 10.1. The Morgan fingerprint density at radius 2 is 2.19 bits per heavy atom. The molecule has 0 spiro atoms. The Kier molecular flexibility index (Phi) is 5.92. The van der Waals surface area contributed by atoms with E-state index in [1.165, 1.54) is 17.4 Å². The molecule has 2 aromatic rings. The van der Waals surface area contributed by atoms with E-state index in [1.54, 1.807) is 12.3 Å². The lowest BCUT2D eigenvalue weighted by Gasteiger charge is -2.03. The molecular weight excluding hydrogens is 310 g/mol. The number of aromatic nitrogens is 1. The highest BCUT2D eigenvalue weighted by Crippen LogP contribution is 2.14. The average molecular weight is 329 g/mol. The topological polar surface area (TPSA) is 84.2 Å². The third-order valence-corrected chi connectivity index (χ3v) is 4.91. The zero-order valence-electron chi connectivity index (χ0n) is 11.8. The number of nitrogens with zero attached hydrogens (tertiary/aromatic N) is 1. The summed E-state index contributed by atoms with van der Waals surface area (Å²) >= 11 is 1.51. The second-order valence-electron chi connectivity index (χ2n) is 4.47. The molecule has 2 N–H and O–H groups in total. The van der Waals surface area contributed by atoms with Crippen LogP contribution in [-0.2, 0) is 23.0 Å². The van der Waals surface area contributed by atoms with Crippen LogP contribution in [0.15, 0.2) is 33.2 Å². The van der Waals surface area contributed by atoms with Crippen LogP contribution < -0.4 is 10.0 Å². The highest BCUT2D eigenvalue weighted by atomic mass is 32.2. The van der Waals surface area contributed by atoms with E-state index in [1.807, 2.05) is 5.38 Å². The fourth-order valence-corrected chi connectivity index (χ4v) is 3.32. The SMILES string of the molecule is CCCNCc1ccc(S(=O)(=O)NCCc2nccs2)o1. The second-order valence-corrected chi connectivity index (χ2v) is 7.15. The molecule has 0 aliphatic rings. The molecule has 0 aromatic carbocycles. The molecule has 0 saturated heterocycles. The molecule has 0 bridgehead atoms. The van der Waals surface area contributed by atoms with Crippen molar-refractivity contribution in [3.05, 3.63) is 34.5 Å². The van der Waals surface area contributed by atoms with Crippen LogP contribution in [0.25, 0.3) is 0 Å². The monoisotopic (exact) mass is 329 g/mol. The van der Waals surface area contributed by atoms with Gasteiger partial charge in [0.2, 0.25) is 5.09 Å². The van der Waals surface area contributed by atoms with Crippen LogP contribution in [0.3, 0.4) is 0 Å². The summed E-state index contributed by atoms with van der Waals surface area (Å²) in [5.41, 5.74) is 0. The van der Waals surface area contributed by atoms with E-state index < -0.39 is 10.0 Å². The molecule has 0 aliphatic carbocycles. The van der Waals surface area contributed by atoms with Crippen LogP contribution in [0.4, 0.5) is 0 Å². The lowest BCUT2D eigenvalue weighted by atomic mass is 10.4.